The molecule has 2 atom stereocenters. The maximum absolute atomic E-state index is 13.6. The molecule has 4 nitrogen and oxygen atoms in total. The summed E-state index contributed by atoms with van der Waals surface area (Å²) in [7, 11) is 1.94. The number of carbonyl (C=O) groups excluding carboxylic acids is 1. The van der Waals surface area contributed by atoms with Crippen LogP contribution in [0.4, 0.5) is 0 Å². The average Bonchev–Trinajstić information content (AvgIpc) is 3.30. The van der Waals surface area contributed by atoms with Crippen LogP contribution in [-0.2, 0) is 7.05 Å². The number of aromatic nitrogens is 2. The van der Waals surface area contributed by atoms with Crippen molar-refractivity contribution in [1.29, 1.82) is 0 Å². The molecule has 0 bridgehead atoms. The zero-order chi connectivity index (χ0) is 18.4. The lowest BCUT2D eigenvalue weighted by Gasteiger charge is -2.44. The van der Waals surface area contributed by atoms with E-state index in [0.717, 1.165) is 35.5 Å². The minimum Gasteiger partial charge on any atom is -0.335 e. The number of rotatable bonds is 2. The normalized spacial score (nSPS) is 22.8. The Balaban J connectivity index is 1.53. The number of carbonyl (C=O) groups is 1. The molecule has 140 valence electrons. The Hall–Kier alpha value is -2.14. The first-order valence-corrected chi connectivity index (χ1v) is 10.9. The Morgan fingerprint density at radius 2 is 1.96 bits per heavy atom. The topological polar surface area (TPSA) is 38.1 Å². The van der Waals surface area contributed by atoms with Crippen molar-refractivity contribution in [2.24, 2.45) is 13.0 Å². The second-order valence-electron chi connectivity index (χ2n) is 7.93. The molecule has 1 amide bonds. The summed E-state index contributed by atoms with van der Waals surface area (Å²) in [6.45, 7) is 0.890. The van der Waals surface area contributed by atoms with Gasteiger partial charge in [-0.25, -0.2) is 0 Å². The maximum atomic E-state index is 13.6. The van der Waals surface area contributed by atoms with Crippen molar-refractivity contribution < 1.29 is 4.79 Å². The summed E-state index contributed by atoms with van der Waals surface area (Å²) in [5.74, 6) is 0.869. The molecule has 0 radical (unpaired) electrons. The number of fused-ring (bicyclic) bond motifs is 2. The molecule has 3 aromatic rings. The highest BCUT2D eigenvalue weighted by Gasteiger charge is 2.37. The number of hydrogen-bond donors (Lipinski definition) is 0. The van der Waals surface area contributed by atoms with Gasteiger partial charge in [-0.15, -0.1) is 11.3 Å². The van der Waals surface area contributed by atoms with Crippen LogP contribution in [0.2, 0.25) is 0 Å². The van der Waals surface area contributed by atoms with Gasteiger partial charge >= 0.3 is 0 Å². The van der Waals surface area contributed by atoms with E-state index in [-0.39, 0.29) is 5.91 Å². The monoisotopic (exact) mass is 379 g/mol. The zero-order valence-electron chi connectivity index (χ0n) is 15.7. The van der Waals surface area contributed by atoms with Crippen LogP contribution in [0, 0.1) is 5.92 Å². The van der Waals surface area contributed by atoms with Gasteiger partial charge in [0, 0.05) is 24.3 Å². The number of aryl methyl sites for hydroxylation is 1. The Morgan fingerprint density at radius 1 is 1.15 bits per heavy atom. The number of hydrogen-bond acceptors (Lipinski definition) is 3. The van der Waals surface area contributed by atoms with Gasteiger partial charge in [0.15, 0.2) is 0 Å². The highest BCUT2D eigenvalue weighted by atomic mass is 32.1. The molecule has 2 aliphatic rings. The SMILES string of the molecule is Cn1ncc(C(=O)N2CCCC3CCCCC32)c1-c1cc2ccccc2s1. The molecular weight excluding hydrogens is 354 g/mol. The lowest BCUT2D eigenvalue weighted by atomic mass is 9.78. The molecule has 2 unspecified atom stereocenters. The average molecular weight is 380 g/mol. The van der Waals surface area contributed by atoms with E-state index in [4.69, 9.17) is 0 Å². The molecule has 5 rings (SSSR count). The van der Waals surface area contributed by atoms with Crippen LogP contribution in [0.15, 0.2) is 36.5 Å². The van der Waals surface area contributed by atoms with Gasteiger partial charge in [0.25, 0.3) is 5.91 Å². The van der Waals surface area contributed by atoms with E-state index in [1.54, 1.807) is 17.5 Å². The van der Waals surface area contributed by atoms with Crippen molar-refractivity contribution in [3.63, 3.8) is 0 Å². The summed E-state index contributed by atoms with van der Waals surface area (Å²) in [5.41, 5.74) is 1.72. The Morgan fingerprint density at radius 3 is 2.85 bits per heavy atom. The van der Waals surface area contributed by atoms with Crippen molar-refractivity contribution in [3.05, 3.63) is 42.1 Å². The molecule has 1 aromatic carbocycles. The minimum absolute atomic E-state index is 0.173. The fourth-order valence-corrected chi connectivity index (χ4v) is 6.17. The van der Waals surface area contributed by atoms with Crippen LogP contribution in [0.1, 0.15) is 48.9 Å². The molecule has 0 N–H and O–H groups in total. The Labute approximate surface area is 163 Å². The highest BCUT2D eigenvalue weighted by Crippen LogP contribution is 2.38. The van der Waals surface area contributed by atoms with Crippen molar-refractivity contribution in [2.45, 2.75) is 44.6 Å². The van der Waals surface area contributed by atoms with E-state index in [1.165, 1.54) is 35.8 Å². The van der Waals surface area contributed by atoms with E-state index in [1.807, 2.05) is 11.7 Å². The predicted molar refractivity (Wildman–Crippen MR) is 110 cm³/mol. The molecule has 1 aliphatic heterocycles. The molecule has 27 heavy (non-hydrogen) atoms. The van der Waals surface area contributed by atoms with Gasteiger partial charge in [-0.3, -0.25) is 9.48 Å². The van der Waals surface area contributed by atoms with Gasteiger partial charge in [-0.05, 0) is 49.1 Å². The molecule has 3 heterocycles. The van der Waals surface area contributed by atoms with Crippen molar-refractivity contribution in [3.8, 4) is 10.6 Å². The summed E-state index contributed by atoms with van der Waals surface area (Å²) in [6, 6.07) is 11.0. The smallest absolute Gasteiger partial charge is 0.257 e. The molecule has 5 heteroatoms. The number of amides is 1. The summed E-state index contributed by atoms with van der Waals surface area (Å²) in [6.07, 6.45) is 9.20. The lowest BCUT2D eigenvalue weighted by molar-refractivity contribution is 0.0391. The summed E-state index contributed by atoms with van der Waals surface area (Å²) < 4.78 is 3.11. The molecule has 2 fully saturated rings. The summed E-state index contributed by atoms with van der Waals surface area (Å²) in [4.78, 5) is 16.8. The number of likely N-dealkylation sites (tertiary alicyclic amines) is 1. The van der Waals surface area contributed by atoms with Crippen LogP contribution in [0.25, 0.3) is 20.7 Å². The fraction of sp³-hybridized carbons (Fsp3) is 0.455. The van der Waals surface area contributed by atoms with Crippen molar-refractivity contribution in [1.82, 2.24) is 14.7 Å². The molecule has 0 spiro atoms. The van der Waals surface area contributed by atoms with E-state index < -0.39 is 0 Å². The third-order valence-electron chi connectivity index (χ3n) is 6.33. The van der Waals surface area contributed by atoms with Crippen LogP contribution in [0.5, 0.6) is 0 Å². The fourth-order valence-electron chi connectivity index (χ4n) is 5.02. The van der Waals surface area contributed by atoms with Gasteiger partial charge in [0.2, 0.25) is 0 Å². The molecule has 1 saturated heterocycles. The second kappa shape index (κ2) is 6.79. The van der Waals surface area contributed by atoms with Crippen LogP contribution in [-0.4, -0.2) is 33.2 Å². The number of thiophene rings is 1. The number of piperidine rings is 1. The van der Waals surface area contributed by atoms with Gasteiger partial charge in [0.1, 0.15) is 0 Å². The summed E-state index contributed by atoms with van der Waals surface area (Å²) in [5, 5.41) is 5.68. The first kappa shape index (κ1) is 17.0. The largest absolute Gasteiger partial charge is 0.335 e. The van der Waals surface area contributed by atoms with E-state index >= 15 is 0 Å². The van der Waals surface area contributed by atoms with E-state index in [0.29, 0.717) is 12.0 Å². The first-order valence-electron chi connectivity index (χ1n) is 10.0. The van der Waals surface area contributed by atoms with Gasteiger partial charge < -0.3 is 4.90 Å². The van der Waals surface area contributed by atoms with Gasteiger partial charge in [-0.2, -0.15) is 5.10 Å². The van der Waals surface area contributed by atoms with Crippen LogP contribution < -0.4 is 0 Å². The number of nitrogens with zero attached hydrogens (tertiary/aromatic N) is 3. The Bertz CT molecular complexity index is 954. The van der Waals surface area contributed by atoms with Crippen molar-refractivity contribution in [2.75, 3.05) is 6.54 Å². The second-order valence-corrected chi connectivity index (χ2v) is 9.02. The van der Waals surface area contributed by atoms with Gasteiger partial charge in [-0.1, -0.05) is 31.0 Å². The first-order chi connectivity index (χ1) is 13.2. The predicted octanol–water partition coefficient (Wildman–Crippen LogP) is 5.10. The minimum atomic E-state index is 0.173. The lowest BCUT2D eigenvalue weighted by Crippen LogP contribution is -2.49. The molecule has 2 aromatic heterocycles. The quantitative estimate of drug-likeness (QED) is 0.621. The van der Waals surface area contributed by atoms with Crippen LogP contribution in [0.3, 0.4) is 0 Å². The zero-order valence-corrected chi connectivity index (χ0v) is 16.5. The van der Waals surface area contributed by atoms with E-state index in [2.05, 4.69) is 40.3 Å². The standard InChI is InChI=1S/C22H25N3OS/c1-24-21(20-13-16-8-3-5-11-19(16)27-20)17(14-23-24)22(26)25-12-6-9-15-7-2-4-10-18(15)25/h3,5,8,11,13-15,18H,2,4,6-7,9-10,12H2,1H3. The third-order valence-corrected chi connectivity index (χ3v) is 7.45. The maximum Gasteiger partial charge on any atom is 0.257 e. The highest BCUT2D eigenvalue weighted by molar-refractivity contribution is 7.22. The molecule has 1 saturated carbocycles. The third kappa shape index (κ3) is 2.89. The summed E-state index contributed by atoms with van der Waals surface area (Å²) >= 11 is 1.74. The van der Waals surface area contributed by atoms with Crippen LogP contribution >= 0.6 is 11.3 Å². The van der Waals surface area contributed by atoms with Gasteiger partial charge in [0.05, 0.1) is 22.3 Å². The molecular formula is C22H25N3OS. The molecule has 1 aliphatic carbocycles. The number of benzene rings is 1. The van der Waals surface area contributed by atoms with Crippen molar-refractivity contribution >= 4 is 27.3 Å². The van der Waals surface area contributed by atoms with E-state index in [9.17, 15) is 4.79 Å². The Kier molecular flexibility index (Phi) is 4.27.